The van der Waals surface area contributed by atoms with E-state index >= 15 is 0 Å². The van der Waals surface area contributed by atoms with Crippen molar-refractivity contribution in [2.45, 2.75) is 40.9 Å². The highest BCUT2D eigenvalue weighted by Crippen LogP contribution is 2.37. The number of phenolic OH excluding ortho intramolecular Hbond substituents is 1. The first-order valence-corrected chi connectivity index (χ1v) is 9.47. The molecule has 0 amide bonds. The minimum absolute atomic E-state index is 0.00733. The Balaban J connectivity index is 2.12. The summed E-state index contributed by atoms with van der Waals surface area (Å²) in [4.78, 5) is 2.92. The molecule has 0 spiro atoms. The van der Waals surface area contributed by atoms with Crippen LogP contribution in [-0.2, 0) is 16.3 Å². The Hall–Kier alpha value is -2.26. The van der Waals surface area contributed by atoms with Crippen LogP contribution in [0.3, 0.4) is 0 Å². The van der Waals surface area contributed by atoms with Gasteiger partial charge in [-0.15, -0.1) is 0 Å². The van der Waals surface area contributed by atoms with Gasteiger partial charge in [0.25, 0.3) is 0 Å². The molecule has 1 N–H and O–H groups in total. The normalized spacial score (nSPS) is 12.8. The molecule has 3 heteroatoms. The molecule has 0 bridgehead atoms. The molecule has 0 aromatic heterocycles. The highest BCUT2D eigenvalue weighted by atomic mass is 32.2. The summed E-state index contributed by atoms with van der Waals surface area (Å²) in [6.45, 7) is 6.56. The fourth-order valence-corrected chi connectivity index (χ4v) is 4.79. The van der Waals surface area contributed by atoms with Crippen LogP contribution < -0.4 is 0 Å². The predicted octanol–water partition coefficient (Wildman–Crippen LogP) is 5.92. The molecule has 0 aliphatic heterocycles. The predicted molar refractivity (Wildman–Crippen MR) is 102 cm³/mol. The fourth-order valence-electron chi connectivity index (χ4n) is 2.70. The van der Waals surface area contributed by atoms with E-state index in [1.54, 1.807) is 6.07 Å². The Kier molecular flexibility index (Phi) is 4.87. The molecule has 0 saturated carbocycles. The van der Waals surface area contributed by atoms with Crippen LogP contribution >= 0.6 is 0 Å². The molecule has 128 valence electrons. The van der Waals surface area contributed by atoms with Crippen LogP contribution in [0.25, 0.3) is 0 Å². The number of hydrogen-bond donors (Lipinski definition) is 1. The van der Waals surface area contributed by atoms with Crippen LogP contribution in [0, 0.1) is 5.82 Å². The molecular formula is C22H22FOS+. The Labute approximate surface area is 151 Å². The van der Waals surface area contributed by atoms with E-state index in [4.69, 9.17) is 0 Å². The summed E-state index contributed by atoms with van der Waals surface area (Å²) in [6.07, 6.45) is 0. The largest absolute Gasteiger partial charge is 0.503 e. The zero-order chi connectivity index (χ0) is 18.0. The molecule has 0 fully saturated rings. The van der Waals surface area contributed by atoms with Gasteiger partial charge in [0.05, 0.1) is 0 Å². The molecule has 1 unspecified atom stereocenters. The van der Waals surface area contributed by atoms with E-state index in [-0.39, 0.29) is 11.2 Å². The van der Waals surface area contributed by atoms with E-state index in [9.17, 15) is 9.50 Å². The first kappa shape index (κ1) is 17.6. The fraction of sp³-hybridized carbons (Fsp3) is 0.182. The lowest BCUT2D eigenvalue weighted by Crippen LogP contribution is -2.11. The molecule has 3 aromatic rings. The second-order valence-corrected chi connectivity index (χ2v) is 9.00. The van der Waals surface area contributed by atoms with E-state index in [0.717, 1.165) is 14.7 Å². The molecule has 0 heterocycles. The maximum absolute atomic E-state index is 13.4. The third-order valence-electron chi connectivity index (χ3n) is 4.08. The average Bonchev–Trinajstić information content (AvgIpc) is 2.58. The maximum atomic E-state index is 13.4. The SMILES string of the molecule is CC(C)(C)c1ccc([S+](c2ccccc2)c2ccc(F)cc2O)cc1. The van der Waals surface area contributed by atoms with Crippen molar-refractivity contribution in [3.63, 3.8) is 0 Å². The second kappa shape index (κ2) is 6.93. The molecular weight excluding hydrogens is 331 g/mol. The lowest BCUT2D eigenvalue weighted by molar-refractivity contribution is 0.455. The van der Waals surface area contributed by atoms with Gasteiger partial charge in [-0.25, -0.2) is 4.39 Å². The summed E-state index contributed by atoms with van der Waals surface area (Å²) in [5.74, 6) is -0.437. The number of aromatic hydroxyl groups is 1. The smallest absolute Gasteiger partial charge is 0.208 e. The number of phenols is 1. The molecule has 1 nitrogen and oxygen atoms in total. The standard InChI is InChI=1S/C22H21FOS/c1-22(2,3)16-9-12-19(13-10-16)25(18-7-5-4-6-8-18)21-14-11-17(23)15-20(21)24/h4-15H,1-3H3/p+1. The third kappa shape index (κ3) is 3.88. The summed E-state index contributed by atoms with van der Waals surface area (Å²) < 4.78 is 13.4. The van der Waals surface area contributed by atoms with Gasteiger partial charge in [0, 0.05) is 12.1 Å². The van der Waals surface area contributed by atoms with Crippen molar-refractivity contribution < 1.29 is 9.50 Å². The Morgan fingerprint density at radius 2 is 1.40 bits per heavy atom. The molecule has 0 aliphatic carbocycles. The molecule has 0 aliphatic rings. The van der Waals surface area contributed by atoms with Gasteiger partial charge in [0.15, 0.2) is 15.5 Å². The van der Waals surface area contributed by atoms with Crippen LogP contribution in [-0.4, -0.2) is 5.11 Å². The van der Waals surface area contributed by atoms with E-state index in [0.29, 0.717) is 0 Å². The summed E-state index contributed by atoms with van der Waals surface area (Å²) >= 11 is 0. The molecule has 1 atom stereocenters. The highest BCUT2D eigenvalue weighted by Gasteiger charge is 2.32. The van der Waals surface area contributed by atoms with Gasteiger partial charge >= 0.3 is 0 Å². The maximum Gasteiger partial charge on any atom is 0.208 e. The number of rotatable bonds is 3. The zero-order valence-corrected chi connectivity index (χ0v) is 15.5. The monoisotopic (exact) mass is 353 g/mol. The summed E-state index contributed by atoms with van der Waals surface area (Å²) in [6, 6.07) is 22.8. The minimum Gasteiger partial charge on any atom is -0.503 e. The first-order valence-electron chi connectivity index (χ1n) is 8.25. The van der Waals surface area contributed by atoms with Crippen LogP contribution in [0.5, 0.6) is 5.75 Å². The van der Waals surface area contributed by atoms with Gasteiger partial charge in [-0.2, -0.15) is 0 Å². The first-order chi connectivity index (χ1) is 11.9. The van der Waals surface area contributed by atoms with Crippen LogP contribution in [0.2, 0.25) is 0 Å². The van der Waals surface area contributed by atoms with Crippen molar-refractivity contribution in [3.8, 4) is 5.75 Å². The molecule has 0 radical (unpaired) electrons. The Morgan fingerprint density at radius 1 is 0.800 bits per heavy atom. The van der Waals surface area contributed by atoms with Crippen molar-refractivity contribution in [2.75, 3.05) is 0 Å². The zero-order valence-electron chi connectivity index (χ0n) is 14.7. The topological polar surface area (TPSA) is 20.2 Å². The quantitative estimate of drug-likeness (QED) is 0.579. The second-order valence-electron chi connectivity index (χ2n) is 7.01. The van der Waals surface area contributed by atoms with Gasteiger partial charge in [-0.3, -0.25) is 0 Å². The van der Waals surface area contributed by atoms with Crippen molar-refractivity contribution in [3.05, 3.63) is 84.2 Å². The van der Waals surface area contributed by atoms with Gasteiger partial charge in [-0.1, -0.05) is 51.1 Å². The van der Waals surface area contributed by atoms with Gasteiger partial charge in [-0.05, 0) is 41.3 Å². The Bertz CT molecular complexity index is 851. The van der Waals surface area contributed by atoms with Gasteiger partial charge in [0.1, 0.15) is 16.7 Å². The molecule has 3 rings (SSSR count). The number of halogens is 1. The minimum atomic E-state index is -0.486. The van der Waals surface area contributed by atoms with Crippen LogP contribution in [0.15, 0.2) is 87.5 Å². The van der Waals surface area contributed by atoms with E-state index in [2.05, 4.69) is 45.0 Å². The highest BCUT2D eigenvalue weighted by molar-refractivity contribution is 7.97. The molecule has 25 heavy (non-hydrogen) atoms. The van der Waals surface area contributed by atoms with Crippen molar-refractivity contribution in [1.29, 1.82) is 0 Å². The van der Waals surface area contributed by atoms with E-state index in [1.165, 1.54) is 17.7 Å². The lowest BCUT2D eigenvalue weighted by Gasteiger charge is -2.19. The van der Waals surface area contributed by atoms with Gasteiger partial charge < -0.3 is 5.11 Å². The van der Waals surface area contributed by atoms with Crippen LogP contribution in [0.1, 0.15) is 26.3 Å². The average molecular weight is 353 g/mol. The summed E-state index contributed by atoms with van der Waals surface area (Å²) in [7, 11) is -0.486. The number of hydrogen-bond acceptors (Lipinski definition) is 1. The summed E-state index contributed by atoms with van der Waals surface area (Å²) in [5.41, 5.74) is 1.35. The van der Waals surface area contributed by atoms with E-state index in [1.807, 2.05) is 30.3 Å². The molecule has 3 aromatic carbocycles. The van der Waals surface area contributed by atoms with Crippen LogP contribution in [0.4, 0.5) is 4.39 Å². The van der Waals surface area contributed by atoms with Crippen molar-refractivity contribution in [1.82, 2.24) is 0 Å². The number of benzene rings is 3. The Morgan fingerprint density at radius 3 is 1.96 bits per heavy atom. The van der Waals surface area contributed by atoms with Gasteiger partial charge in [0.2, 0.25) is 4.90 Å². The van der Waals surface area contributed by atoms with E-state index < -0.39 is 16.7 Å². The third-order valence-corrected chi connectivity index (χ3v) is 6.35. The lowest BCUT2D eigenvalue weighted by atomic mass is 9.87. The molecule has 0 saturated heterocycles. The van der Waals surface area contributed by atoms with Crippen molar-refractivity contribution >= 4 is 10.9 Å². The summed E-state index contributed by atoms with van der Waals surface area (Å²) in [5, 5.41) is 10.3. The van der Waals surface area contributed by atoms with Crippen molar-refractivity contribution in [2.24, 2.45) is 0 Å².